The van der Waals surface area contributed by atoms with E-state index in [0.717, 1.165) is 18.4 Å². The van der Waals surface area contributed by atoms with Gasteiger partial charge in [-0.05, 0) is 58.7 Å². The van der Waals surface area contributed by atoms with E-state index in [4.69, 9.17) is 16.3 Å². The summed E-state index contributed by atoms with van der Waals surface area (Å²) in [6.45, 7) is 12.1. The summed E-state index contributed by atoms with van der Waals surface area (Å²) in [7, 11) is -2.27. The van der Waals surface area contributed by atoms with Crippen LogP contribution in [-0.2, 0) is 10.0 Å². The minimum Gasteiger partial charge on any atom is -0.495 e. The van der Waals surface area contributed by atoms with Crippen LogP contribution in [0.3, 0.4) is 0 Å². The quantitative estimate of drug-likeness (QED) is 0.831. The fourth-order valence-corrected chi connectivity index (χ4v) is 6.11. The topological polar surface area (TPSA) is 72.0 Å². The van der Waals surface area contributed by atoms with Gasteiger partial charge in [0.25, 0.3) is 0 Å². The number of nitrogens with one attached hydrogen (secondary N) is 1. The second kappa shape index (κ2) is 6.72. The summed E-state index contributed by atoms with van der Waals surface area (Å²) in [6.07, 6.45) is 1.52. The maximum Gasteiger partial charge on any atom is 0.244 e. The van der Waals surface area contributed by atoms with Crippen LogP contribution < -0.4 is 14.8 Å². The Morgan fingerprint density at radius 3 is 2.20 bits per heavy atom. The van der Waals surface area contributed by atoms with Crippen LogP contribution >= 0.6 is 11.6 Å². The van der Waals surface area contributed by atoms with Gasteiger partial charge >= 0.3 is 0 Å². The van der Waals surface area contributed by atoms with E-state index >= 15 is 0 Å². The molecular formula is C18H30ClN2O3S+. The van der Waals surface area contributed by atoms with E-state index < -0.39 is 10.0 Å². The molecule has 0 atom stereocenters. The fraction of sp³-hybridized carbons (Fsp3) is 0.667. The predicted octanol–water partition coefficient (Wildman–Crippen LogP) is 2.53. The maximum absolute atomic E-state index is 13.1. The number of aryl methyl sites for hydroxylation is 1. The summed E-state index contributed by atoms with van der Waals surface area (Å²) in [4.78, 5) is 0.135. The highest BCUT2D eigenvalue weighted by atomic mass is 35.5. The van der Waals surface area contributed by atoms with Crippen molar-refractivity contribution < 1.29 is 18.5 Å². The minimum atomic E-state index is -3.75. The van der Waals surface area contributed by atoms with E-state index in [2.05, 4.69) is 37.7 Å². The first-order valence-corrected chi connectivity index (χ1v) is 10.4. The first-order chi connectivity index (χ1) is 11.3. The molecule has 25 heavy (non-hydrogen) atoms. The normalized spacial score (nSPS) is 20.5. The Hall–Kier alpha value is -0.820. The molecule has 0 spiro atoms. The lowest BCUT2D eigenvalue weighted by Crippen LogP contribution is -3.06. The molecule has 1 aliphatic rings. The Kier molecular flexibility index (Phi) is 5.51. The molecule has 142 valence electrons. The zero-order valence-corrected chi connectivity index (χ0v) is 17.7. The molecule has 2 rings (SSSR count). The molecule has 5 nitrogen and oxygen atoms in total. The predicted molar refractivity (Wildman–Crippen MR) is 101 cm³/mol. The number of hydrogen-bond donors (Lipinski definition) is 2. The van der Waals surface area contributed by atoms with Crippen LogP contribution in [0.5, 0.6) is 5.75 Å². The second-order valence-corrected chi connectivity index (χ2v) is 10.5. The summed E-state index contributed by atoms with van der Waals surface area (Å²) in [6, 6.07) is 1.54. The molecule has 0 radical (unpaired) electrons. The van der Waals surface area contributed by atoms with Crippen molar-refractivity contribution in [2.45, 2.75) is 76.4 Å². The Morgan fingerprint density at radius 1 is 1.20 bits per heavy atom. The summed E-state index contributed by atoms with van der Waals surface area (Å²) in [5.74, 6) is 0.327. The number of piperidine rings is 1. The monoisotopic (exact) mass is 389 g/mol. The smallest absolute Gasteiger partial charge is 0.244 e. The van der Waals surface area contributed by atoms with Crippen molar-refractivity contribution in [1.82, 2.24) is 4.72 Å². The van der Waals surface area contributed by atoms with Gasteiger partial charge in [-0.25, -0.2) is 13.1 Å². The van der Waals surface area contributed by atoms with E-state index in [1.165, 1.54) is 7.11 Å². The Bertz CT molecular complexity index is 757. The second-order valence-electron chi connectivity index (χ2n) is 8.51. The third-order valence-electron chi connectivity index (χ3n) is 4.72. The molecule has 7 heteroatoms. The average Bonchev–Trinajstić information content (AvgIpc) is 2.39. The van der Waals surface area contributed by atoms with Gasteiger partial charge in [-0.3, -0.25) is 0 Å². The summed E-state index contributed by atoms with van der Waals surface area (Å²) >= 11 is 6.30. The van der Waals surface area contributed by atoms with Crippen LogP contribution in [0.15, 0.2) is 11.0 Å². The van der Waals surface area contributed by atoms with Gasteiger partial charge < -0.3 is 10.1 Å². The Balaban J connectivity index is 2.42. The highest BCUT2D eigenvalue weighted by Gasteiger charge is 2.43. The Morgan fingerprint density at radius 2 is 1.72 bits per heavy atom. The van der Waals surface area contributed by atoms with Crippen LogP contribution in [0, 0.1) is 13.8 Å². The number of nitrogens with two attached hydrogens (primary N) is 1. The molecule has 0 aliphatic carbocycles. The van der Waals surface area contributed by atoms with Crippen molar-refractivity contribution in [2.24, 2.45) is 0 Å². The highest BCUT2D eigenvalue weighted by molar-refractivity contribution is 7.89. The van der Waals surface area contributed by atoms with Gasteiger partial charge in [-0.15, -0.1) is 0 Å². The lowest BCUT2D eigenvalue weighted by atomic mass is 9.80. The van der Waals surface area contributed by atoms with Crippen molar-refractivity contribution in [3.63, 3.8) is 0 Å². The van der Waals surface area contributed by atoms with Gasteiger partial charge in [0.2, 0.25) is 10.0 Å². The van der Waals surface area contributed by atoms with E-state index in [0.29, 0.717) is 16.3 Å². The van der Waals surface area contributed by atoms with E-state index in [1.807, 2.05) is 6.92 Å². The van der Waals surface area contributed by atoms with E-state index in [1.54, 1.807) is 13.0 Å². The minimum absolute atomic E-state index is 0.0288. The number of halogens is 1. The van der Waals surface area contributed by atoms with Crippen LogP contribution in [0.25, 0.3) is 0 Å². The maximum atomic E-state index is 13.1. The standard InChI is InChI=1S/C18H29ClN2O3S/c1-11-8-14(24-7)16(12(2)15(11)19)25(22,23)20-13-9-17(3,4)21-18(5,6)10-13/h8,13,20-21H,9-10H2,1-7H3/p+1. The van der Waals surface area contributed by atoms with Crippen molar-refractivity contribution in [1.29, 1.82) is 0 Å². The first kappa shape index (κ1) is 20.5. The molecule has 0 unspecified atom stereocenters. The molecule has 3 N–H and O–H groups in total. The molecule has 0 amide bonds. The van der Waals surface area contributed by atoms with Crippen molar-refractivity contribution in [3.8, 4) is 5.75 Å². The van der Waals surface area contributed by atoms with Crippen molar-refractivity contribution >= 4 is 21.6 Å². The van der Waals surface area contributed by atoms with E-state index in [9.17, 15) is 8.42 Å². The largest absolute Gasteiger partial charge is 0.495 e. The molecule has 1 heterocycles. The fourth-order valence-electron chi connectivity index (χ4n) is 4.27. The Labute approximate surface area is 156 Å². The number of rotatable bonds is 4. The molecular weight excluding hydrogens is 360 g/mol. The zero-order chi connectivity index (χ0) is 19.2. The summed E-state index contributed by atoms with van der Waals surface area (Å²) in [5.41, 5.74) is 1.26. The number of ether oxygens (including phenoxy) is 1. The van der Waals surface area contributed by atoms with Gasteiger partial charge in [0, 0.05) is 23.9 Å². The molecule has 1 fully saturated rings. The summed E-state index contributed by atoms with van der Waals surface area (Å²) < 4.78 is 34.5. The molecule has 0 bridgehead atoms. The van der Waals surface area contributed by atoms with Crippen LogP contribution in [0.1, 0.15) is 51.7 Å². The molecule has 1 aromatic carbocycles. The molecule has 1 saturated heterocycles. The van der Waals surface area contributed by atoms with Gasteiger partial charge in [-0.1, -0.05) is 11.6 Å². The molecule has 1 aromatic rings. The van der Waals surface area contributed by atoms with Crippen LogP contribution in [0.2, 0.25) is 5.02 Å². The van der Waals surface area contributed by atoms with E-state index in [-0.39, 0.29) is 22.0 Å². The SMILES string of the molecule is COc1cc(C)c(Cl)c(C)c1S(=O)(=O)NC1CC(C)(C)[NH2+]C(C)(C)C1. The van der Waals surface area contributed by atoms with Gasteiger partial charge in [0.15, 0.2) is 0 Å². The van der Waals surface area contributed by atoms with Crippen molar-refractivity contribution in [2.75, 3.05) is 7.11 Å². The lowest BCUT2D eigenvalue weighted by molar-refractivity contribution is -0.787. The lowest BCUT2D eigenvalue weighted by Gasteiger charge is -2.43. The van der Waals surface area contributed by atoms with Crippen LogP contribution in [0.4, 0.5) is 0 Å². The molecule has 0 saturated carbocycles. The number of benzene rings is 1. The highest BCUT2D eigenvalue weighted by Crippen LogP contribution is 2.35. The molecule has 0 aromatic heterocycles. The number of hydrogen-bond acceptors (Lipinski definition) is 3. The number of sulfonamides is 1. The number of quaternary nitrogens is 1. The zero-order valence-electron chi connectivity index (χ0n) is 16.2. The van der Waals surface area contributed by atoms with Gasteiger partial charge in [-0.2, -0.15) is 0 Å². The summed E-state index contributed by atoms with van der Waals surface area (Å²) in [5, 5.41) is 2.78. The van der Waals surface area contributed by atoms with Crippen molar-refractivity contribution in [3.05, 3.63) is 22.2 Å². The molecule has 1 aliphatic heterocycles. The van der Waals surface area contributed by atoms with Gasteiger partial charge in [0.05, 0.1) is 18.2 Å². The first-order valence-electron chi connectivity index (χ1n) is 8.51. The van der Waals surface area contributed by atoms with Gasteiger partial charge in [0.1, 0.15) is 10.6 Å². The third kappa shape index (κ3) is 4.48. The number of methoxy groups -OCH3 is 1. The average molecular weight is 390 g/mol. The third-order valence-corrected chi connectivity index (χ3v) is 6.99. The van der Waals surface area contributed by atoms with Crippen LogP contribution in [-0.4, -0.2) is 32.6 Å².